The van der Waals surface area contributed by atoms with Gasteiger partial charge in [-0.1, -0.05) is 78.4 Å². The first kappa shape index (κ1) is 21.1. The number of benzene rings is 2. The maximum Gasteiger partial charge on any atom is 0.237 e. The number of thioether (sulfide) groups is 1. The topological polar surface area (TPSA) is 82.5 Å². The first-order chi connectivity index (χ1) is 16.3. The lowest BCUT2D eigenvalue weighted by molar-refractivity contribution is 0.391. The molecule has 33 heavy (non-hydrogen) atoms. The molecule has 0 saturated carbocycles. The molecule has 0 saturated heterocycles. The lowest BCUT2D eigenvalue weighted by atomic mass is 10.1. The van der Waals surface area contributed by atoms with Gasteiger partial charge in [-0.2, -0.15) is 4.98 Å². The van der Waals surface area contributed by atoms with Crippen LogP contribution in [0.25, 0.3) is 22.8 Å². The van der Waals surface area contributed by atoms with Gasteiger partial charge in [0, 0.05) is 23.5 Å². The molecule has 0 radical (unpaired) electrons. The molecular formula is C25H22N6OS. The minimum Gasteiger partial charge on any atom is -0.338 e. The Morgan fingerprint density at radius 3 is 2.39 bits per heavy atom. The number of hydrogen-bond donors (Lipinski definition) is 0. The summed E-state index contributed by atoms with van der Waals surface area (Å²) >= 11 is 1.53. The van der Waals surface area contributed by atoms with Crippen LogP contribution in [0.4, 0.5) is 0 Å². The Bertz CT molecular complexity index is 1320. The Kier molecular flexibility index (Phi) is 6.25. The van der Waals surface area contributed by atoms with Gasteiger partial charge in [0.05, 0.1) is 12.3 Å². The molecule has 164 valence electrons. The van der Waals surface area contributed by atoms with Gasteiger partial charge in [-0.3, -0.25) is 9.55 Å². The molecule has 8 heteroatoms. The molecule has 5 aromatic rings. The molecule has 7 nitrogen and oxygen atoms in total. The van der Waals surface area contributed by atoms with Crippen LogP contribution in [0, 0.1) is 0 Å². The molecule has 5 rings (SSSR count). The summed E-state index contributed by atoms with van der Waals surface area (Å²) < 4.78 is 7.61. The van der Waals surface area contributed by atoms with E-state index in [0.717, 1.165) is 28.5 Å². The molecule has 0 N–H and O–H groups in total. The van der Waals surface area contributed by atoms with Crippen molar-refractivity contribution in [3.8, 4) is 22.8 Å². The van der Waals surface area contributed by atoms with E-state index in [1.807, 2.05) is 42.5 Å². The van der Waals surface area contributed by atoms with Gasteiger partial charge in [-0.05, 0) is 29.7 Å². The van der Waals surface area contributed by atoms with Crippen LogP contribution in [0.5, 0.6) is 0 Å². The second-order valence-corrected chi connectivity index (χ2v) is 8.41. The van der Waals surface area contributed by atoms with Crippen molar-refractivity contribution in [2.24, 2.45) is 0 Å². The summed E-state index contributed by atoms with van der Waals surface area (Å²) in [6.07, 6.45) is 4.52. The summed E-state index contributed by atoms with van der Waals surface area (Å²) in [4.78, 5) is 8.68. The molecule has 0 aliphatic rings. The van der Waals surface area contributed by atoms with Gasteiger partial charge >= 0.3 is 0 Å². The van der Waals surface area contributed by atoms with E-state index in [0.29, 0.717) is 24.0 Å². The molecule has 0 bridgehead atoms. The highest BCUT2D eigenvalue weighted by molar-refractivity contribution is 7.98. The molecule has 0 atom stereocenters. The van der Waals surface area contributed by atoms with E-state index in [-0.39, 0.29) is 0 Å². The van der Waals surface area contributed by atoms with Gasteiger partial charge < -0.3 is 4.52 Å². The van der Waals surface area contributed by atoms with Crippen molar-refractivity contribution >= 4 is 11.8 Å². The van der Waals surface area contributed by atoms with Crippen LogP contribution in [0.2, 0.25) is 0 Å². The second kappa shape index (κ2) is 9.79. The molecule has 0 aliphatic heterocycles. The van der Waals surface area contributed by atoms with Gasteiger partial charge in [0.15, 0.2) is 11.0 Å². The van der Waals surface area contributed by atoms with E-state index < -0.39 is 0 Å². The standard InChI is InChI=1S/C25H22N6OS/c1-2-18-8-10-20(11-9-18)23-27-22(32-30-23)17-33-25-29-28-24(21-12-14-26-15-13-21)31(25)16-19-6-4-3-5-7-19/h3-15H,2,16-17H2,1H3. The zero-order chi connectivity index (χ0) is 22.5. The van der Waals surface area contributed by atoms with Gasteiger partial charge in [0.1, 0.15) is 0 Å². The van der Waals surface area contributed by atoms with Crippen LogP contribution < -0.4 is 0 Å². The van der Waals surface area contributed by atoms with E-state index in [2.05, 4.69) is 61.1 Å². The minimum atomic E-state index is 0.503. The fourth-order valence-corrected chi connectivity index (χ4v) is 4.24. The third-order valence-corrected chi connectivity index (χ3v) is 6.20. The molecule has 0 aliphatic carbocycles. The number of aryl methyl sites for hydroxylation is 1. The third kappa shape index (κ3) is 4.85. The molecule has 0 amide bonds. The maximum atomic E-state index is 5.50. The summed E-state index contributed by atoms with van der Waals surface area (Å²) in [5.74, 6) is 2.44. The number of rotatable bonds is 8. The Hall–Kier alpha value is -3.78. The van der Waals surface area contributed by atoms with Crippen molar-refractivity contribution in [1.82, 2.24) is 29.9 Å². The van der Waals surface area contributed by atoms with Crippen molar-refractivity contribution in [2.45, 2.75) is 30.8 Å². The lowest BCUT2D eigenvalue weighted by Gasteiger charge is -2.10. The number of aromatic nitrogens is 6. The number of pyridine rings is 1. The number of hydrogen-bond acceptors (Lipinski definition) is 7. The van der Waals surface area contributed by atoms with E-state index in [9.17, 15) is 0 Å². The highest BCUT2D eigenvalue weighted by Gasteiger charge is 2.17. The van der Waals surface area contributed by atoms with E-state index >= 15 is 0 Å². The Labute approximate surface area is 195 Å². The van der Waals surface area contributed by atoms with Gasteiger partial charge in [-0.15, -0.1) is 10.2 Å². The zero-order valence-electron chi connectivity index (χ0n) is 18.1. The van der Waals surface area contributed by atoms with Gasteiger partial charge in [0.25, 0.3) is 0 Å². The molecule has 0 fully saturated rings. The van der Waals surface area contributed by atoms with Crippen LogP contribution in [-0.4, -0.2) is 29.9 Å². The van der Waals surface area contributed by atoms with E-state index in [1.54, 1.807) is 12.4 Å². The molecule has 2 aromatic carbocycles. The highest BCUT2D eigenvalue weighted by Crippen LogP contribution is 2.27. The minimum absolute atomic E-state index is 0.503. The van der Waals surface area contributed by atoms with E-state index in [1.165, 1.54) is 22.9 Å². The Morgan fingerprint density at radius 1 is 0.848 bits per heavy atom. The first-order valence-electron chi connectivity index (χ1n) is 10.7. The monoisotopic (exact) mass is 454 g/mol. The lowest BCUT2D eigenvalue weighted by Crippen LogP contribution is -2.04. The summed E-state index contributed by atoms with van der Waals surface area (Å²) in [7, 11) is 0. The maximum absolute atomic E-state index is 5.50. The largest absolute Gasteiger partial charge is 0.338 e. The van der Waals surface area contributed by atoms with Crippen molar-refractivity contribution in [1.29, 1.82) is 0 Å². The number of nitrogens with zero attached hydrogens (tertiary/aromatic N) is 6. The van der Waals surface area contributed by atoms with Crippen LogP contribution in [0.3, 0.4) is 0 Å². The molecule has 3 heterocycles. The normalized spacial score (nSPS) is 11.1. The average Bonchev–Trinajstić information content (AvgIpc) is 3.51. The quantitative estimate of drug-likeness (QED) is 0.295. The predicted molar refractivity (Wildman–Crippen MR) is 127 cm³/mol. The molecule has 0 unspecified atom stereocenters. The fourth-order valence-electron chi connectivity index (χ4n) is 3.47. The zero-order valence-corrected chi connectivity index (χ0v) is 18.9. The van der Waals surface area contributed by atoms with Crippen molar-refractivity contribution in [3.63, 3.8) is 0 Å². The summed E-state index contributed by atoms with van der Waals surface area (Å²) in [5, 5.41) is 13.9. The molecule has 0 spiro atoms. The van der Waals surface area contributed by atoms with Gasteiger partial charge in [0.2, 0.25) is 11.7 Å². The summed E-state index contributed by atoms with van der Waals surface area (Å²) in [6.45, 7) is 2.79. The first-order valence-corrected chi connectivity index (χ1v) is 11.7. The van der Waals surface area contributed by atoms with Crippen molar-refractivity contribution in [2.75, 3.05) is 0 Å². The van der Waals surface area contributed by atoms with Gasteiger partial charge in [-0.25, -0.2) is 0 Å². The predicted octanol–water partition coefficient (Wildman–Crippen LogP) is 5.29. The average molecular weight is 455 g/mol. The fraction of sp³-hybridized carbons (Fsp3) is 0.160. The van der Waals surface area contributed by atoms with Crippen LogP contribution in [-0.2, 0) is 18.7 Å². The van der Waals surface area contributed by atoms with E-state index in [4.69, 9.17) is 4.52 Å². The smallest absolute Gasteiger partial charge is 0.237 e. The highest BCUT2D eigenvalue weighted by atomic mass is 32.2. The van der Waals surface area contributed by atoms with Crippen LogP contribution in [0.15, 0.2) is 88.8 Å². The Balaban J connectivity index is 1.37. The summed E-state index contributed by atoms with van der Waals surface area (Å²) in [6, 6.07) is 22.4. The van der Waals surface area contributed by atoms with Crippen LogP contribution >= 0.6 is 11.8 Å². The molecular weight excluding hydrogens is 432 g/mol. The van der Waals surface area contributed by atoms with Crippen molar-refractivity contribution < 1.29 is 4.52 Å². The SMILES string of the molecule is CCc1ccc(-c2noc(CSc3nnc(-c4ccncc4)n3Cc3ccccc3)n2)cc1. The van der Waals surface area contributed by atoms with Crippen LogP contribution in [0.1, 0.15) is 23.9 Å². The Morgan fingerprint density at radius 2 is 1.64 bits per heavy atom. The third-order valence-electron chi connectivity index (χ3n) is 5.25. The summed E-state index contributed by atoms with van der Waals surface area (Å²) in [5.41, 5.74) is 4.36. The van der Waals surface area contributed by atoms with Crippen molar-refractivity contribution in [3.05, 3.63) is 96.1 Å². The second-order valence-electron chi connectivity index (χ2n) is 7.46. The molecule has 3 aromatic heterocycles.